The number of nitrogens with one attached hydrogen (secondary N) is 2. The maximum Gasteiger partial charge on any atom is 0.243 e. The second-order valence-corrected chi connectivity index (χ2v) is 2.67. The fraction of sp³-hybridized carbons (Fsp3) is 0.125. The molecule has 1 heterocycles. The van der Waals surface area contributed by atoms with Gasteiger partial charge in [-0.2, -0.15) is 0 Å². The Morgan fingerprint density at radius 2 is 2.25 bits per heavy atom. The number of carbonyl (C=O) groups excluding carboxylic acids is 1. The summed E-state index contributed by atoms with van der Waals surface area (Å²) >= 11 is 0. The van der Waals surface area contributed by atoms with Crippen molar-refractivity contribution in [2.75, 3.05) is 22.9 Å². The fourth-order valence-corrected chi connectivity index (χ4v) is 1.23. The van der Waals surface area contributed by atoms with Crippen LogP contribution in [0.2, 0.25) is 0 Å². The van der Waals surface area contributed by atoms with Crippen LogP contribution in [0.15, 0.2) is 18.2 Å². The van der Waals surface area contributed by atoms with Gasteiger partial charge >= 0.3 is 0 Å². The Hall–Kier alpha value is -1.71. The van der Waals surface area contributed by atoms with Crippen molar-refractivity contribution < 1.29 is 4.79 Å². The molecular formula is C8H9N3O. The molecule has 1 aromatic rings. The van der Waals surface area contributed by atoms with E-state index in [0.717, 1.165) is 11.4 Å². The largest absolute Gasteiger partial charge is 0.397 e. The lowest BCUT2D eigenvalue weighted by atomic mass is 10.2. The van der Waals surface area contributed by atoms with Gasteiger partial charge in [-0.05, 0) is 12.1 Å². The second kappa shape index (κ2) is 2.41. The average Bonchev–Trinajstić information content (AvgIpc) is 2.04. The first-order valence-electron chi connectivity index (χ1n) is 3.69. The molecule has 0 atom stereocenters. The Balaban J connectivity index is 2.48. The molecule has 0 bridgehead atoms. The van der Waals surface area contributed by atoms with E-state index in [-0.39, 0.29) is 5.91 Å². The van der Waals surface area contributed by atoms with Gasteiger partial charge in [0.2, 0.25) is 5.91 Å². The molecule has 0 saturated carbocycles. The molecule has 0 fully saturated rings. The van der Waals surface area contributed by atoms with Crippen LogP contribution < -0.4 is 16.4 Å². The molecule has 1 aliphatic rings. The van der Waals surface area contributed by atoms with Crippen molar-refractivity contribution in [1.29, 1.82) is 0 Å². The predicted octanol–water partition coefficient (Wildman–Crippen LogP) is 0.633. The number of rotatable bonds is 0. The molecule has 0 radical (unpaired) electrons. The van der Waals surface area contributed by atoms with Crippen LogP contribution >= 0.6 is 0 Å². The maximum absolute atomic E-state index is 10.9. The van der Waals surface area contributed by atoms with Gasteiger partial charge in [-0.3, -0.25) is 4.79 Å². The van der Waals surface area contributed by atoms with Crippen molar-refractivity contribution >= 4 is 23.0 Å². The molecule has 1 aliphatic heterocycles. The zero-order chi connectivity index (χ0) is 8.55. The van der Waals surface area contributed by atoms with E-state index >= 15 is 0 Å². The average molecular weight is 163 g/mol. The lowest BCUT2D eigenvalue weighted by molar-refractivity contribution is -0.114. The Labute approximate surface area is 69.8 Å². The molecule has 1 amide bonds. The lowest BCUT2D eigenvalue weighted by Crippen LogP contribution is -2.27. The smallest absolute Gasteiger partial charge is 0.243 e. The van der Waals surface area contributed by atoms with Crippen LogP contribution in [0.4, 0.5) is 17.1 Å². The van der Waals surface area contributed by atoms with Crippen LogP contribution in [0.25, 0.3) is 0 Å². The van der Waals surface area contributed by atoms with Gasteiger partial charge in [0.05, 0.1) is 23.6 Å². The molecule has 4 heteroatoms. The van der Waals surface area contributed by atoms with Gasteiger partial charge in [0, 0.05) is 0 Å². The van der Waals surface area contributed by atoms with Gasteiger partial charge in [-0.25, -0.2) is 0 Å². The fourth-order valence-electron chi connectivity index (χ4n) is 1.23. The van der Waals surface area contributed by atoms with Gasteiger partial charge in [0.15, 0.2) is 0 Å². The SMILES string of the molecule is Nc1cccc2c1NCC(=O)N2. The van der Waals surface area contributed by atoms with Crippen molar-refractivity contribution in [3.05, 3.63) is 18.2 Å². The molecule has 62 valence electrons. The Bertz CT molecular complexity index is 335. The summed E-state index contributed by atoms with van der Waals surface area (Å²) in [4.78, 5) is 10.9. The normalized spacial score (nSPS) is 14.5. The molecule has 4 N–H and O–H groups in total. The number of anilines is 3. The number of hydrogen-bond acceptors (Lipinski definition) is 3. The molecule has 0 aliphatic carbocycles. The molecule has 0 unspecified atom stereocenters. The Kier molecular flexibility index (Phi) is 1.40. The molecule has 2 rings (SSSR count). The first-order valence-corrected chi connectivity index (χ1v) is 3.69. The van der Waals surface area contributed by atoms with Gasteiger partial charge in [-0.1, -0.05) is 6.07 Å². The summed E-state index contributed by atoms with van der Waals surface area (Å²) in [5.41, 5.74) is 7.91. The summed E-state index contributed by atoms with van der Waals surface area (Å²) in [5, 5.41) is 5.66. The van der Waals surface area contributed by atoms with E-state index in [4.69, 9.17) is 5.73 Å². The summed E-state index contributed by atoms with van der Waals surface area (Å²) in [6.07, 6.45) is 0. The minimum Gasteiger partial charge on any atom is -0.397 e. The van der Waals surface area contributed by atoms with Crippen molar-refractivity contribution in [2.45, 2.75) is 0 Å². The van der Waals surface area contributed by atoms with Crippen LogP contribution in [0.1, 0.15) is 0 Å². The summed E-state index contributed by atoms with van der Waals surface area (Å²) in [5.74, 6) is -0.0342. The van der Waals surface area contributed by atoms with Crippen molar-refractivity contribution in [2.24, 2.45) is 0 Å². The first-order chi connectivity index (χ1) is 5.77. The van der Waals surface area contributed by atoms with E-state index in [2.05, 4.69) is 10.6 Å². The number of hydrogen-bond donors (Lipinski definition) is 3. The number of nitrogen functional groups attached to an aromatic ring is 1. The highest BCUT2D eigenvalue weighted by Gasteiger charge is 2.14. The number of amides is 1. The van der Waals surface area contributed by atoms with Crippen LogP contribution in [-0.4, -0.2) is 12.5 Å². The number of fused-ring (bicyclic) bond motifs is 1. The van der Waals surface area contributed by atoms with E-state index in [1.165, 1.54) is 0 Å². The third-order valence-corrected chi connectivity index (χ3v) is 1.80. The van der Waals surface area contributed by atoms with Crippen molar-refractivity contribution in [3.8, 4) is 0 Å². The van der Waals surface area contributed by atoms with Crippen molar-refractivity contribution in [1.82, 2.24) is 0 Å². The third-order valence-electron chi connectivity index (χ3n) is 1.80. The lowest BCUT2D eigenvalue weighted by Gasteiger charge is -2.19. The number of carbonyl (C=O) groups is 1. The first kappa shape index (κ1) is 6.97. The van der Waals surface area contributed by atoms with Crippen LogP contribution in [0, 0.1) is 0 Å². The summed E-state index contributed by atoms with van der Waals surface area (Å²) < 4.78 is 0. The van der Waals surface area contributed by atoms with Crippen LogP contribution in [0.5, 0.6) is 0 Å². The highest BCUT2D eigenvalue weighted by atomic mass is 16.2. The molecular weight excluding hydrogens is 154 g/mol. The zero-order valence-corrected chi connectivity index (χ0v) is 6.42. The summed E-state index contributed by atoms with van der Waals surface area (Å²) in [6.45, 7) is 0.293. The van der Waals surface area contributed by atoms with Gasteiger partial charge in [-0.15, -0.1) is 0 Å². The standard InChI is InChI=1S/C8H9N3O/c9-5-2-1-3-6-8(5)10-4-7(12)11-6/h1-3,10H,4,9H2,(H,11,12). The molecule has 4 nitrogen and oxygen atoms in total. The van der Waals surface area contributed by atoms with Gasteiger partial charge in [0.1, 0.15) is 0 Å². The molecule has 12 heavy (non-hydrogen) atoms. The maximum atomic E-state index is 10.9. The number of para-hydroxylation sites is 1. The highest BCUT2D eigenvalue weighted by molar-refractivity contribution is 6.02. The Morgan fingerprint density at radius 1 is 1.42 bits per heavy atom. The van der Waals surface area contributed by atoms with E-state index in [1.807, 2.05) is 6.07 Å². The predicted molar refractivity (Wildman–Crippen MR) is 48.0 cm³/mol. The van der Waals surface area contributed by atoms with E-state index in [1.54, 1.807) is 12.1 Å². The third kappa shape index (κ3) is 0.972. The number of nitrogens with two attached hydrogens (primary N) is 1. The minimum atomic E-state index is -0.0342. The van der Waals surface area contributed by atoms with Gasteiger partial charge < -0.3 is 16.4 Å². The molecule has 0 aromatic heterocycles. The second-order valence-electron chi connectivity index (χ2n) is 2.67. The summed E-state index contributed by atoms with van der Waals surface area (Å²) in [6, 6.07) is 5.42. The van der Waals surface area contributed by atoms with Crippen LogP contribution in [-0.2, 0) is 4.79 Å². The number of benzene rings is 1. The van der Waals surface area contributed by atoms with E-state index in [9.17, 15) is 4.79 Å². The quantitative estimate of drug-likeness (QED) is 0.491. The molecule has 0 saturated heterocycles. The van der Waals surface area contributed by atoms with Gasteiger partial charge in [0.25, 0.3) is 0 Å². The Morgan fingerprint density at radius 3 is 3.08 bits per heavy atom. The monoisotopic (exact) mass is 163 g/mol. The van der Waals surface area contributed by atoms with E-state index < -0.39 is 0 Å². The topological polar surface area (TPSA) is 67.1 Å². The molecule has 0 spiro atoms. The minimum absolute atomic E-state index is 0.0342. The molecule has 1 aromatic carbocycles. The van der Waals surface area contributed by atoms with Crippen LogP contribution in [0.3, 0.4) is 0 Å². The van der Waals surface area contributed by atoms with Crippen molar-refractivity contribution in [3.63, 3.8) is 0 Å². The summed E-state index contributed by atoms with van der Waals surface area (Å²) in [7, 11) is 0. The highest BCUT2D eigenvalue weighted by Crippen LogP contribution is 2.29. The zero-order valence-electron chi connectivity index (χ0n) is 6.42. The van der Waals surface area contributed by atoms with E-state index in [0.29, 0.717) is 12.2 Å².